The number of hydrogen-bond acceptors (Lipinski definition) is 5. The lowest BCUT2D eigenvalue weighted by Crippen LogP contribution is -2.21. The number of aromatic nitrogens is 4. The van der Waals surface area contributed by atoms with Gasteiger partial charge in [-0.2, -0.15) is 0 Å². The van der Waals surface area contributed by atoms with Crippen LogP contribution in [0.25, 0.3) is 0 Å². The Bertz CT molecular complexity index is 359. The molecule has 82 valence electrons. The van der Waals surface area contributed by atoms with Crippen LogP contribution in [0.2, 0.25) is 0 Å². The van der Waals surface area contributed by atoms with E-state index in [9.17, 15) is 4.79 Å². The van der Waals surface area contributed by atoms with E-state index in [-0.39, 0.29) is 5.92 Å². The second-order valence-corrected chi connectivity index (χ2v) is 3.56. The largest absolute Gasteiger partial charge is 0.480 e. The number of rotatable bonds is 3. The van der Waals surface area contributed by atoms with Gasteiger partial charge in [-0.3, -0.25) is 0 Å². The van der Waals surface area contributed by atoms with Crippen molar-refractivity contribution < 1.29 is 14.6 Å². The Morgan fingerprint density at radius 1 is 1.73 bits per heavy atom. The molecule has 1 aliphatic heterocycles. The van der Waals surface area contributed by atoms with Crippen molar-refractivity contribution in [3.8, 4) is 0 Å². The Labute approximate surface area is 86.0 Å². The van der Waals surface area contributed by atoms with Gasteiger partial charge in [-0.05, 0) is 23.8 Å². The van der Waals surface area contributed by atoms with Gasteiger partial charge in [0.05, 0.1) is 6.61 Å². The van der Waals surface area contributed by atoms with Crippen LogP contribution in [0, 0.1) is 0 Å². The van der Waals surface area contributed by atoms with Gasteiger partial charge in [-0.1, -0.05) is 0 Å². The van der Waals surface area contributed by atoms with E-state index >= 15 is 0 Å². The Hall–Kier alpha value is -1.50. The van der Waals surface area contributed by atoms with Gasteiger partial charge in [-0.15, -0.1) is 5.10 Å². The van der Waals surface area contributed by atoms with Crippen LogP contribution in [0.15, 0.2) is 0 Å². The average molecular weight is 212 g/mol. The van der Waals surface area contributed by atoms with Crippen molar-refractivity contribution in [3.05, 3.63) is 5.82 Å². The van der Waals surface area contributed by atoms with E-state index in [4.69, 9.17) is 9.84 Å². The highest BCUT2D eigenvalue weighted by Gasteiger charge is 2.27. The van der Waals surface area contributed by atoms with Crippen LogP contribution in [-0.4, -0.2) is 44.5 Å². The van der Waals surface area contributed by atoms with E-state index in [1.165, 1.54) is 4.68 Å². The minimum Gasteiger partial charge on any atom is -0.480 e. The molecule has 0 radical (unpaired) electrons. The molecule has 0 aromatic carbocycles. The van der Waals surface area contributed by atoms with Crippen LogP contribution in [0.1, 0.15) is 31.1 Å². The van der Waals surface area contributed by atoms with Gasteiger partial charge < -0.3 is 9.84 Å². The molecule has 15 heavy (non-hydrogen) atoms. The summed E-state index contributed by atoms with van der Waals surface area (Å²) in [7, 11) is 0. The first kappa shape index (κ1) is 10.0. The predicted octanol–water partition coefficient (Wildman–Crippen LogP) is -0.177. The number of carboxylic acid groups (broad SMARTS) is 1. The molecule has 7 nitrogen and oxygen atoms in total. The summed E-state index contributed by atoms with van der Waals surface area (Å²) in [6.07, 6.45) is 0.840. The highest BCUT2D eigenvalue weighted by molar-refractivity contribution is 5.71. The second-order valence-electron chi connectivity index (χ2n) is 3.56. The van der Waals surface area contributed by atoms with Crippen LogP contribution in [0.4, 0.5) is 0 Å². The number of aliphatic carboxylic acids is 1. The quantitative estimate of drug-likeness (QED) is 0.747. The molecule has 2 rings (SSSR count). The molecular weight excluding hydrogens is 200 g/mol. The molecule has 1 aliphatic rings. The number of hydrogen-bond donors (Lipinski definition) is 1. The van der Waals surface area contributed by atoms with Crippen molar-refractivity contribution in [1.82, 2.24) is 20.2 Å². The summed E-state index contributed by atoms with van der Waals surface area (Å²) in [4.78, 5) is 10.8. The van der Waals surface area contributed by atoms with Crippen LogP contribution in [0.3, 0.4) is 0 Å². The lowest BCUT2D eigenvalue weighted by molar-refractivity contribution is -0.140. The zero-order chi connectivity index (χ0) is 10.8. The average Bonchev–Trinajstić information content (AvgIpc) is 2.86. The number of nitrogens with zero attached hydrogens (tertiary/aromatic N) is 4. The number of carbonyl (C=O) groups is 1. The molecule has 1 aromatic rings. The monoisotopic (exact) mass is 212 g/mol. The van der Waals surface area contributed by atoms with E-state index in [1.54, 1.807) is 6.92 Å². The molecular formula is C8H12N4O3. The normalized spacial score (nSPS) is 22.9. The molecule has 2 unspecified atom stereocenters. The third-order valence-electron chi connectivity index (χ3n) is 2.54. The van der Waals surface area contributed by atoms with Crippen molar-refractivity contribution in [2.45, 2.75) is 25.3 Å². The highest BCUT2D eigenvalue weighted by Crippen LogP contribution is 2.24. The fraction of sp³-hybridized carbons (Fsp3) is 0.750. The van der Waals surface area contributed by atoms with E-state index in [0.717, 1.165) is 6.42 Å². The maximum atomic E-state index is 10.8. The Balaban J connectivity index is 2.24. The van der Waals surface area contributed by atoms with Gasteiger partial charge in [0.15, 0.2) is 5.82 Å². The van der Waals surface area contributed by atoms with Crippen LogP contribution in [-0.2, 0) is 9.53 Å². The minimum atomic E-state index is -0.942. The van der Waals surface area contributed by atoms with Crippen molar-refractivity contribution in [1.29, 1.82) is 0 Å². The standard InChI is InChI=1S/C8H12N4O3/c1-5(8(13)14)12-7(9-10-11-12)6-2-3-15-4-6/h5-6H,2-4H2,1H3,(H,13,14). The third-order valence-corrected chi connectivity index (χ3v) is 2.54. The zero-order valence-corrected chi connectivity index (χ0v) is 8.33. The molecule has 0 amide bonds. The molecule has 1 aromatic heterocycles. The van der Waals surface area contributed by atoms with Crippen molar-refractivity contribution in [2.24, 2.45) is 0 Å². The fourth-order valence-corrected chi connectivity index (χ4v) is 1.59. The predicted molar refractivity (Wildman–Crippen MR) is 48.3 cm³/mol. The SMILES string of the molecule is CC(C(=O)O)n1nnnc1C1CCOC1. The van der Waals surface area contributed by atoms with Crippen molar-refractivity contribution >= 4 is 5.97 Å². The molecule has 0 aliphatic carbocycles. The molecule has 7 heteroatoms. The van der Waals surface area contributed by atoms with Gasteiger partial charge in [0, 0.05) is 12.5 Å². The molecule has 0 spiro atoms. The van der Waals surface area contributed by atoms with E-state index in [1.807, 2.05) is 0 Å². The maximum absolute atomic E-state index is 10.8. The van der Waals surface area contributed by atoms with Gasteiger partial charge in [-0.25, -0.2) is 9.48 Å². The summed E-state index contributed by atoms with van der Waals surface area (Å²) >= 11 is 0. The lowest BCUT2D eigenvalue weighted by atomic mass is 10.1. The first-order valence-corrected chi connectivity index (χ1v) is 4.78. The first-order chi connectivity index (χ1) is 7.20. The zero-order valence-electron chi connectivity index (χ0n) is 8.33. The van der Waals surface area contributed by atoms with Crippen molar-refractivity contribution in [2.75, 3.05) is 13.2 Å². The van der Waals surface area contributed by atoms with Crippen LogP contribution in [0.5, 0.6) is 0 Å². The Kier molecular flexibility index (Phi) is 2.63. The van der Waals surface area contributed by atoms with E-state index in [0.29, 0.717) is 19.0 Å². The van der Waals surface area contributed by atoms with Gasteiger partial charge in [0.1, 0.15) is 6.04 Å². The molecule has 0 saturated carbocycles. The van der Waals surface area contributed by atoms with Gasteiger partial charge in [0.25, 0.3) is 0 Å². The lowest BCUT2D eigenvalue weighted by Gasteiger charge is -2.11. The smallest absolute Gasteiger partial charge is 0.328 e. The fourth-order valence-electron chi connectivity index (χ4n) is 1.59. The Morgan fingerprint density at radius 3 is 3.13 bits per heavy atom. The van der Waals surface area contributed by atoms with Crippen LogP contribution < -0.4 is 0 Å². The molecule has 1 N–H and O–H groups in total. The highest BCUT2D eigenvalue weighted by atomic mass is 16.5. The summed E-state index contributed by atoms with van der Waals surface area (Å²) in [5.74, 6) is -0.230. The minimum absolute atomic E-state index is 0.113. The maximum Gasteiger partial charge on any atom is 0.328 e. The second kappa shape index (κ2) is 3.93. The number of ether oxygens (including phenoxy) is 1. The molecule has 2 heterocycles. The molecule has 0 bridgehead atoms. The van der Waals surface area contributed by atoms with Crippen LogP contribution >= 0.6 is 0 Å². The molecule has 1 fully saturated rings. The van der Waals surface area contributed by atoms with Gasteiger partial charge >= 0.3 is 5.97 Å². The van der Waals surface area contributed by atoms with Gasteiger partial charge in [0.2, 0.25) is 0 Å². The third kappa shape index (κ3) is 1.82. The van der Waals surface area contributed by atoms with E-state index in [2.05, 4.69) is 15.5 Å². The summed E-state index contributed by atoms with van der Waals surface area (Å²) in [6, 6.07) is -0.740. The summed E-state index contributed by atoms with van der Waals surface area (Å²) < 4.78 is 6.57. The number of carboxylic acids is 1. The molecule has 2 atom stereocenters. The topological polar surface area (TPSA) is 90.1 Å². The van der Waals surface area contributed by atoms with E-state index < -0.39 is 12.0 Å². The first-order valence-electron chi connectivity index (χ1n) is 4.78. The van der Waals surface area contributed by atoms with Crippen molar-refractivity contribution in [3.63, 3.8) is 0 Å². The summed E-state index contributed by atoms with van der Waals surface area (Å²) in [6.45, 7) is 2.80. The Morgan fingerprint density at radius 2 is 2.53 bits per heavy atom. The summed E-state index contributed by atoms with van der Waals surface area (Å²) in [5, 5.41) is 19.9. The number of tetrazole rings is 1. The molecule has 1 saturated heterocycles. The summed E-state index contributed by atoms with van der Waals surface area (Å²) in [5.41, 5.74) is 0.